The van der Waals surface area contributed by atoms with E-state index in [4.69, 9.17) is 0 Å². The lowest BCUT2D eigenvalue weighted by molar-refractivity contribution is 0.678. The number of hydrogen-bond acceptors (Lipinski definition) is 1. The molecule has 23 heavy (non-hydrogen) atoms. The lowest BCUT2D eigenvalue weighted by Crippen LogP contribution is -2.07. The van der Waals surface area contributed by atoms with Crippen LogP contribution >= 0.6 is 0 Å². The fourth-order valence-electron chi connectivity index (χ4n) is 2.71. The third kappa shape index (κ3) is 5.52. The summed E-state index contributed by atoms with van der Waals surface area (Å²) in [4.78, 5) is 4.57. The van der Waals surface area contributed by atoms with Crippen molar-refractivity contribution in [2.24, 2.45) is 11.8 Å². The van der Waals surface area contributed by atoms with Crippen LogP contribution in [-0.2, 0) is 0 Å². The van der Waals surface area contributed by atoms with Crippen LogP contribution < -0.4 is 0 Å². The molecule has 0 saturated carbocycles. The Balaban J connectivity index is 2.23. The quantitative estimate of drug-likeness (QED) is 0.454. The van der Waals surface area contributed by atoms with E-state index in [1.54, 1.807) is 0 Å². The third-order valence-corrected chi connectivity index (χ3v) is 3.89. The molecule has 1 aromatic heterocycles. The van der Waals surface area contributed by atoms with Crippen LogP contribution in [0, 0.1) is 11.8 Å². The molecule has 1 aliphatic carbocycles. The van der Waals surface area contributed by atoms with E-state index in [0.717, 1.165) is 18.5 Å². The first-order valence-electron chi connectivity index (χ1n) is 8.50. The number of hydrogen-bond donors (Lipinski definition) is 0. The van der Waals surface area contributed by atoms with Crippen LogP contribution in [0.25, 0.3) is 5.57 Å². The predicted molar refractivity (Wildman–Crippen MR) is 101 cm³/mol. The first kappa shape index (κ1) is 17.2. The van der Waals surface area contributed by atoms with E-state index in [1.807, 2.05) is 25.3 Å². The van der Waals surface area contributed by atoms with E-state index >= 15 is 0 Å². The van der Waals surface area contributed by atoms with Crippen molar-refractivity contribution >= 4 is 5.57 Å². The van der Waals surface area contributed by atoms with E-state index in [1.165, 1.54) is 11.1 Å². The zero-order valence-electron chi connectivity index (χ0n) is 14.4. The van der Waals surface area contributed by atoms with Crippen LogP contribution in [0.4, 0.5) is 0 Å². The Bertz CT molecular complexity index is 627. The molecule has 0 spiro atoms. The van der Waals surface area contributed by atoms with Crippen LogP contribution in [-0.4, -0.2) is 4.98 Å². The molecule has 120 valence electrons. The molecular weight excluding hydrogens is 278 g/mol. The second-order valence-corrected chi connectivity index (χ2v) is 6.24. The average Bonchev–Trinajstić information content (AvgIpc) is 2.56. The molecule has 0 radical (unpaired) electrons. The average molecular weight is 305 g/mol. The van der Waals surface area contributed by atoms with Gasteiger partial charge in [-0.3, -0.25) is 4.98 Å². The molecule has 1 heterocycles. The number of pyridine rings is 1. The zero-order valence-corrected chi connectivity index (χ0v) is 14.4. The molecule has 1 aliphatic rings. The van der Waals surface area contributed by atoms with Gasteiger partial charge in [0.15, 0.2) is 0 Å². The SMILES string of the molecule is C/C=C\C=C/C1=CCC(CC=CC(C)C)C(c2ccccn2)=C1. The van der Waals surface area contributed by atoms with E-state index in [0.29, 0.717) is 11.8 Å². The highest BCUT2D eigenvalue weighted by atomic mass is 14.7. The van der Waals surface area contributed by atoms with Crippen LogP contribution in [0.5, 0.6) is 0 Å². The molecule has 1 atom stereocenters. The summed E-state index contributed by atoms with van der Waals surface area (Å²) in [5, 5.41) is 0. The maximum absolute atomic E-state index is 4.57. The van der Waals surface area contributed by atoms with Crippen molar-refractivity contribution < 1.29 is 0 Å². The van der Waals surface area contributed by atoms with Crippen molar-refractivity contribution in [3.8, 4) is 0 Å². The molecule has 0 fully saturated rings. The van der Waals surface area contributed by atoms with E-state index in [-0.39, 0.29) is 0 Å². The van der Waals surface area contributed by atoms with Crippen molar-refractivity contribution in [2.75, 3.05) is 0 Å². The summed E-state index contributed by atoms with van der Waals surface area (Å²) < 4.78 is 0. The molecule has 1 nitrogen and oxygen atoms in total. The highest BCUT2D eigenvalue weighted by molar-refractivity contribution is 5.70. The highest BCUT2D eigenvalue weighted by Crippen LogP contribution is 2.34. The van der Waals surface area contributed by atoms with Crippen molar-refractivity contribution in [1.29, 1.82) is 0 Å². The Morgan fingerprint density at radius 2 is 2.13 bits per heavy atom. The minimum atomic E-state index is 0.513. The highest BCUT2D eigenvalue weighted by Gasteiger charge is 2.18. The van der Waals surface area contributed by atoms with Gasteiger partial charge in [-0.2, -0.15) is 0 Å². The summed E-state index contributed by atoms with van der Waals surface area (Å²) in [7, 11) is 0. The van der Waals surface area contributed by atoms with Crippen molar-refractivity contribution in [3.63, 3.8) is 0 Å². The fraction of sp³-hybridized carbons (Fsp3) is 0.318. The topological polar surface area (TPSA) is 12.9 Å². The fourth-order valence-corrected chi connectivity index (χ4v) is 2.71. The lowest BCUT2D eigenvalue weighted by atomic mass is 9.83. The Morgan fingerprint density at radius 1 is 1.26 bits per heavy atom. The van der Waals surface area contributed by atoms with Gasteiger partial charge in [0.1, 0.15) is 0 Å². The van der Waals surface area contributed by atoms with Gasteiger partial charge < -0.3 is 0 Å². The molecule has 0 aliphatic heterocycles. The Kier molecular flexibility index (Phi) is 6.80. The van der Waals surface area contributed by atoms with E-state index < -0.39 is 0 Å². The molecule has 0 aromatic carbocycles. The molecule has 0 N–H and O–H groups in total. The Morgan fingerprint density at radius 3 is 2.83 bits per heavy atom. The molecule has 0 bridgehead atoms. The molecule has 2 rings (SSSR count). The van der Waals surface area contributed by atoms with Gasteiger partial charge in [-0.1, -0.05) is 62.4 Å². The van der Waals surface area contributed by atoms with Gasteiger partial charge in [-0.25, -0.2) is 0 Å². The molecule has 1 heteroatoms. The molecule has 0 amide bonds. The minimum Gasteiger partial charge on any atom is -0.257 e. The van der Waals surface area contributed by atoms with Gasteiger partial charge in [-0.15, -0.1) is 0 Å². The number of aromatic nitrogens is 1. The van der Waals surface area contributed by atoms with E-state index in [9.17, 15) is 0 Å². The first-order valence-corrected chi connectivity index (χ1v) is 8.50. The predicted octanol–water partition coefficient (Wildman–Crippen LogP) is 6.15. The van der Waals surface area contributed by atoms with Crippen LogP contribution in [0.1, 0.15) is 39.3 Å². The van der Waals surface area contributed by atoms with Gasteiger partial charge in [0.05, 0.1) is 5.69 Å². The standard InChI is InChI=1S/C22H27N/c1-4-5-6-11-19-14-15-20(12-9-10-18(2)3)21(17-19)22-13-7-8-16-23-22/h4-11,13-14,16-18,20H,12,15H2,1-3H3/b5-4-,10-9?,11-6-. The smallest absolute Gasteiger partial charge is 0.0664 e. The molecule has 1 unspecified atom stereocenters. The maximum Gasteiger partial charge on any atom is 0.0664 e. The van der Waals surface area contributed by atoms with Crippen molar-refractivity contribution in [3.05, 3.63) is 84.3 Å². The summed E-state index contributed by atoms with van der Waals surface area (Å²) in [6, 6.07) is 6.16. The van der Waals surface area contributed by atoms with Gasteiger partial charge in [0.2, 0.25) is 0 Å². The largest absolute Gasteiger partial charge is 0.257 e. The Labute approximate surface area is 140 Å². The monoisotopic (exact) mass is 305 g/mol. The summed E-state index contributed by atoms with van der Waals surface area (Å²) in [6.45, 7) is 6.47. The van der Waals surface area contributed by atoms with E-state index in [2.05, 4.69) is 73.5 Å². The number of allylic oxidation sites excluding steroid dienone is 10. The number of rotatable bonds is 6. The summed E-state index contributed by atoms with van der Waals surface area (Å²) in [5.74, 6) is 1.12. The van der Waals surface area contributed by atoms with Gasteiger partial charge >= 0.3 is 0 Å². The van der Waals surface area contributed by atoms with Crippen molar-refractivity contribution in [1.82, 2.24) is 4.98 Å². The first-order chi connectivity index (χ1) is 11.2. The summed E-state index contributed by atoms with van der Waals surface area (Å²) >= 11 is 0. The molecule has 0 saturated heterocycles. The van der Waals surface area contributed by atoms with Gasteiger partial charge in [0, 0.05) is 6.20 Å². The third-order valence-electron chi connectivity index (χ3n) is 3.89. The summed E-state index contributed by atoms with van der Waals surface area (Å²) in [5.41, 5.74) is 3.72. The zero-order chi connectivity index (χ0) is 16.5. The van der Waals surface area contributed by atoms with Gasteiger partial charge in [-0.05, 0) is 61.0 Å². The van der Waals surface area contributed by atoms with Crippen LogP contribution in [0.2, 0.25) is 0 Å². The second kappa shape index (κ2) is 9.09. The second-order valence-electron chi connectivity index (χ2n) is 6.24. The normalized spacial score (nSPS) is 19.0. The van der Waals surface area contributed by atoms with Gasteiger partial charge in [0.25, 0.3) is 0 Å². The van der Waals surface area contributed by atoms with Crippen LogP contribution in [0.3, 0.4) is 0 Å². The Hall–Kier alpha value is -2.15. The molecule has 1 aromatic rings. The van der Waals surface area contributed by atoms with Crippen LogP contribution in [0.15, 0.2) is 78.6 Å². The molecular formula is C22H27N. The lowest BCUT2D eigenvalue weighted by Gasteiger charge is -2.22. The number of nitrogens with zero attached hydrogens (tertiary/aromatic N) is 1. The summed E-state index contributed by atoms with van der Waals surface area (Å²) in [6.07, 6.45) is 21.6. The minimum absolute atomic E-state index is 0.513. The van der Waals surface area contributed by atoms with Crippen molar-refractivity contribution in [2.45, 2.75) is 33.6 Å². The maximum atomic E-state index is 4.57.